The van der Waals surface area contributed by atoms with Gasteiger partial charge in [0.05, 0.1) is 10.6 Å². The number of rotatable bonds is 5. The minimum Gasteiger partial charge on any atom is -0.323 e. The standard InChI is InChI=1S/C13H15Cl2N3S/c1-2-4-12-13(19-18-17-12)11(16)7-8-9(14)5-3-6-10(8)15/h3,5-6,11H,2,4,7,16H2,1H3. The molecular weight excluding hydrogens is 301 g/mol. The molecule has 19 heavy (non-hydrogen) atoms. The summed E-state index contributed by atoms with van der Waals surface area (Å²) in [6.07, 6.45) is 2.52. The predicted molar refractivity (Wildman–Crippen MR) is 81.0 cm³/mol. The van der Waals surface area contributed by atoms with E-state index in [1.165, 1.54) is 11.5 Å². The molecule has 0 saturated carbocycles. The van der Waals surface area contributed by atoms with Gasteiger partial charge in [-0.2, -0.15) is 0 Å². The van der Waals surface area contributed by atoms with E-state index in [2.05, 4.69) is 16.5 Å². The van der Waals surface area contributed by atoms with Crippen LogP contribution in [-0.2, 0) is 12.8 Å². The Hall–Kier alpha value is -0.680. The summed E-state index contributed by atoms with van der Waals surface area (Å²) in [5.41, 5.74) is 8.13. The van der Waals surface area contributed by atoms with Crippen molar-refractivity contribution in [1.29, 1.82) is 0 Å². The Kier molecular flexibility index (Phi) is 5.16. The number of halogens is 2. The van der Waals surface area contributed by atoms with Crippen LogP contribution in [0.4, 0.5) is 0 Å². The Labute approximate surface area is 126 Å². The third-order valence-electron chi connectivity index (χ3n) is 2.89. The molecule has 2 N–H and O–H groups in total. The van der Waals surface area contributed by atoms with Gasteiger partial charge in [-0.3, -0.25) is 0 Å². The normalized spacial score (nSPS) is 12.6. The van der Waals surface area contributed by atoms with Crippen LogP contribution < -0.4 is 5.73 Å². The second-order valence-electron chi connectivity index (χ2n) is 4.34. The van der Waals surface area contributed by atoms with Gasteiger partial charge in [0.25, 0.3) is 0 Å². The number of benzene rings is 1. The average Bonchev–Trinajstić information content (AvgIpc) is 2.83. The molecule has 0 bridgehead atoms. The number of aryl methyl sites for hydroxylation is 1. The van der Waals surface area contributed by atoms with Crippen LogP contribution in [0.2, 0.25) is 10.0 Å². The van der Waals surface area contributed by atoms with Crippen molar-refractivity contribution in [1.82, 2.24) is 9.59 Å². The van der Waals surface area contributed by atoms with Gasteiger partial charge in [-0.05, 0) is 42.1 Å². The zero-order valence-corrected chi connectivity index (χ0v) is 12.9. The molecule has 1 heterocycles. The lowest BCUT2D eigenvalue weighted by Gasteiger charge is -2.13. The van der Waals surface area contributed by atoms with Crippen LogP contribution >= 0.6 is 34.7 Å². The van der Waals surface area contributed by atoms with Gasteiger partial charge in [0, 0.05) is 16.1 Å². The number of nitrogens with two attached hydrogens (primary N) is 1. The van der Waals surface area contributed by atoms with Crippen molar-refractivity contribution in [3.05, 3.63) is 44.4 Å². The fourth-order valence-electron chi connectivity index (χ4n) is 1.95. The van der Waals surface area contributed by atoms with Crippen LogP contribution in [0.3, 0.4) is 0 Å². The lowest BCUT2D eigenvalue weighted by molar-refractivity contribution is 0.715. The lowest BCUT2D eigenvalue weighted by Crippen LogP contribution is -2.14. The highest BCUT2D eigenvalue weighted by molar-refractivity contribution is 7.05. The highest BCUT2D eigenvalue weighted by Crippen LogP contribution is 2.30. The monoisotopic (exact) mass is 315 g/mol. The van der Waals surface area contributed by atoms with E-state index in [-0.39, 0.29) is 6.04 Å². The second-order valence-corrected chi connectivity index (χ2v) is 5.94. The van der Waals surface area contributed by atoms with Crippen molar-refractivity contribution in [2.24, 2.45) is 5.73 Å². The average molecular weight is 316 g/mol. The Balaban J connectivity index is 2.21. The maximum atomic E-state index is 6.25. The fourth-order valence-corrected chi connectivity index (χ4v) is 3.19. The number of hydrogen-bond acceptors (Lipinski definition) is 4. The van der Waals surface area contributed by atoms with Crippen molar-refractivity contribution in [3.8, 4) is 0 Å². The zero-order chi connectivity index (χ0) is 13.8. The number of hydrogen-bond donors (Lipinski definition) is 1. The van der Waals surface area contributed by atoms with E-state index in [1.807, 2.05) is 18.2 Å². The first kappa shape index (κ1) is 14.7. The van der Waals surface area contributed by atoms with E-state index >= 15 is 0 Å². The topological polar surface area (TPSA) is 51.8 Å². The summed E-state index contributed by atoms with van der Waals surface area (Å²) in [6, 6.07) is 5.32. The zero-order valence-electron chi connectivity index (χ0n) is 10.6. The number of nitrogens with zero attached hydrogens (tertiary/aromatic N) is 2. The third-order valence-corrected chi connectivity index (χ3v) is 4.50. The molecule has 2 rings (SSSR count). The summed E-state index contributed by atoms with van der Waals surface area (Å²) in [7, 11) is 0. The van der Waals surface area contributed by atoms with Gasteiger partial charge in [0.1, 0.15) is 0 Å². The molecule has 102 valence electrons. The van der Waals surface area contributed by atoms with Gasteiger partial charge in [-0.25, -0.2) is 0 Å². The summed E-state index contributed by atoms with van der Waals surface area (Å²) in [5, 5.41) is 5.44. The Morgan fingerprint density at radius 3 is 2.63 bits per heavy atom. The molecule has 0 aliphatic heterocycles. The van der Waals surface area contributed by atoms with Crippen LogP contribution in [0.5, 0.6) is 0 Å². The molecule has 1 aromatic heterocycles. The van der Waals surface area contributed by atoms with Crippen LogP contribution in [0.25, 0.3) is 0 Å². The van der Waals surface area contributed by atoms with Gasteiger partial charge in [0.15, 0.2) is 0 Å². The largest absolute Gasteiger partial charge is 0.323 e. The molecule has 0 aliphatic carbocycles. The van der Waals surface area contributed by atoms with Crippen LogP contribution in [-0.4, -0.2) is 9.59 Å². The van der Waals surface area contributed by atoms with Crippen molar-refractivity contribution in [2.75, 3.05) is 0 Å². The summed E-state index contributed by atoms with van der Waals surface area (Å²) < 4.78 is 3.99. The molecule has 0 saturated heterocycles. The van der Waals surface area contributed by atoms with E-state index in [1.54, 1.807) is 0 Å². The predicted octanol–water partition coefficient (Wildman–Crippen LogP) is 4.04. The molecule has 0 fully saturated rings. The highest BCUT2D eigenvalue weighted by atomic mass is 35.5. The second kappa shape index (κ2) is 6.66. The SMILES string of the molecule is CCCc1nnsc1C(N)Cc1c(Cl)cccc1Cl. The van der Waals surface area contributed by atoms with E-state index < -0.39 is 0 Å². The van der Waals surface area contributed by atoms with Crippen molar-refractivity contribution in [3.63, 3.8) is 0 Å². The van der Waals surface area contributed by atoms with Gasteiger partial charge >= 0.3 is 0 Å². The van der Waals surface area contributed by atoms with Crippen LogP contribution in [0, 0.1) is 0 Å². The molecule has 0 amide bonds. The molecule has 2 aromatic rings. The van der Waals surface area contributed by atoms with Crippen molar-refractivity contribution >= 4 is 34.7 Å². The number of aromatic nitrogens is 2. The molecular formula is C13H15Cl2N3S. The smallest absolute Gasteiger partial charge is 0.0803 e. The minimum atomic E-state index is -0.168. The summed E-state index contributed by atoms with van der Waals surface area (Å²) >= 11 is 13.7. The van der Waals surface area contributed by atoms with Crippen LogP contribution in [0.1, 0.15) is 35.5 Å². The Morgan fingerprint density at radius 1 is 1.32 bits per heavy atom. The maximum absolute atomic E-state index is 6.25. The van der Waals surface area contributed by atoms with Crippen LogP contribution in [0.15, 0.2) is 18.2 Å². The highest BCUT2D eigenvalue weighted by Gasteiger charge is 2.18. The van der Waals surface area contributed by atoms with Gasteiger partial charge in [-0.15, -0.1) is 5.10 Å². The third kappa shape index (κ3) is 3.45. The van der Waals surface area contributed by atoms with E-state index in [0.717, 1.165) is 29.0 Å². The molecule has 6 heteroatoms. The molecule has 0 aliphatic rings. The summed E-state index contributed by atoms with van der Waals surface area (Å²) in [4.78, 5) is 1.03. The first-order valence-corrected chi connectivity index (χ1v) is 7.66. The van der Waals surface area contributed by atoms with Crippen molar-refractivity contribution < 1.29 is 0 Å². The first-order chi connectivity index (χ1) is 9.13. The maximum Gasteiger partial charge on any atom is 0.0803 e. The molecule has 0 radical (unpaired) electrons. The molecule has 3 nitrogen and oxygen atoms in total. The minimum absolute atomic E-state index is 0.168. The molecule has 1 atom stereocenters. The van der Waals surface area contributed by atoms with Gasteiger partial charge in [0.2, 0.25) is 0 Å². The quantitative estimate of drug-likeness (QED) is 0.905. The van der Waals surface area contributed by atoms with Gasteiger partial charge in [-0.1, -0.05) is 47.1 Å². The molecule has 1 unspecified atom stereocenters. The Bertz CT molecular complexity index is 536. The van der Waals surface area contributed by atoms with Crippen molar-refractivity contribution in [2.45, 2.75) is 32.2 Å². The summed E-state index contributed by atoms with van der Waals surface area (Å²) in [6.45, 7) is 2.11. The Morgan fingerprint density at radius 2 is 2.00 bits per heavy atom. The first-order valence-electron chi connectivity index (χ1n) is 6.13. The van der Waals surface area contributed by atoms with E-state index in [4.69, 9.17) is 28.9 Å². The fraction of sp³-hybridized carbons (Fsp3) is 0.385. The van der Waals surface area contributed by atoms with Gasteiger partial charge < -0.3 is 5.73 Å². The lowest BCUT2D eigenvalue weighted by atomic mass is 10.0. The van der Waals surface area contributed by atoms with E-state index in [0.29, 0.717) is 16.5 Å². The molecule has 0 spiro atoms. The summed E-state index contributed by atoms with van der Waals surface area (Å²) in [5.74, 6) is 0. The molecule has 1 aromatic carbocycles. The van der Waals surface area contributed by atoms with E-state index in [9.17, 15) is 0 Å².